The van der Waals surface area contributed by atoms with Gasteiger partial charge in [0.1, 0.15) is 0 Å². The molecule has 1 saturated heterocycles. The van der Waals surface area contributed by atoms with Gasteiger partial charge in [-0.15, -0.1) is 0 Å². The molecule has 0 aromatic carbocycles. The Morgan fingerprint density at radius 3 is 2.62 bits per heavy atom. The van der Waals surface area contributed by atoms with Crippen molar-refractivity contribution >= 4 is 0 Å². The van der Waals surface area contributed by atoms with E-state index < -0.39 is 0 Å². The minimum atomic E-state index is 0.836. The van der Waals surface area contributed by atoms with Crippen LogP contribution in [0.5, 0.6) is 0 Å². The van der Waals surface area contributed by atoms with E-state index in [9.17, 15) is 0 Å². The van der Waals surface area contributed by atoms with Crippen LogP contribution in [0.1, 0.15) is 25.7 Å². The summed E-state index contributed by atoms with van der Waals surface area (Å²) in [4.78, 5) is 2.47. The number of nitrogens with zero attached hydrogens (tertiary/aromatic N) is 1. The van der Waals surface area contributed by atoms with Gasteiger partial charge in [0.25, 0.3) is 0 Å². The van der Waals surface area contributed by atoms with E-state index in [0.717, 1.165) is 24.3 Å². The van der Waals surface area contributed by atoms with Gasteiger partial charge in [-0.2, -0.15) is 0 Å². The number of nitrogens with two attached hydrogens (primary N) is 1. The molecule has 2 atom stereocenters. The molecule has 2 unspecified atom stereocenters. The zero-order chi connectivity index (χ0) is 9.26. The standard InChI is InChI=1S/C11H22N2/c1-13-6-2-3-10(8-13)11(7-12)9-4-5-9/h9-11H,2-8,12H2,1H3. The first-order chi connectivity index (χ1) is 6.31. The molecule has 76 valence electrons. The summed E-state index contributed by atoms with van der Waals surface area (Å²) in [5.74, 6) is 2.72. The first-order valence-electron chi connectivity index (χ1n) is 5.70. The van der Waals surface area contributed by atoms with Gasteiger partial charge in [-0.1, -0.05) is 0 Å². The van der Waals surface area contributed by atoms with Gasteiger partial charge in [0.15, 0.2) is 0 Å². The van der Waals surface area contributed by atoms with Crippen LogP contribution in [0, 0.1) is 17.8 Å². The van der Waals surface area contributed by atoms with E-state index in [-0.39, 0.29) is 0 Å². The average molecular weight is 182 g/mol. The Kier molecular flexibility index (Phi) is 2.89. The molecule has 1 aliphatic carbocycles. The maximum absolute atomic E-state index is 5.87. The Hall–Kier alpha value is -0.0800. The molecule has 0 spiro atoms. The molecule has 2 rings (SSSR count). The van der Waals surface area contributed by atoms with Crippen molar-refractivity contribution in [3.8, 4) is 0 Å². The third-order valence-electron chi connectivity index (χ3n) is 3.77. The molecule has 0 radical (unpaired) electrons. The Morgan fingerprint density at radius 1 is 1.31 bits per heavy atom. The summed E-state index contributed by atoms with van der Waals surface area (Å²) in [7, 11) is 2.24. The summed E-state index contributed by atoms with van der Waals surface area (Å²) >= 11 is 0. The van der Waals surface area contributed by atoms with Crippen LogP contribution in [-0.2, 0) is 0 Å². The fourth-order valence-electron chi connectivity index (χ4n) is 2.85. The Bertz CT molecular complexity index is 165. The molecule has 2 fully saturated rings. The minimum Gasteiger partial charge on any atom is -0.330 e. The Labute approximate surface area is 81.5 Å². The number of likely N-dealkylation sites (tertiary alicyclic amines) is 1. The summed E-state index contributed by atoms with van der Waals surface area (Å²) in [6, 6.07) is 0. The van der Waals surface area contributed by atoms with Crippen LogP contribution in [0.2, 0.25) is 0 Å². The summed E-state index contributed by atoms with van der Waals surface area (Å²) < 4.78 is 0. The van der Waals surface area contributed by atoms with Crippen LogP contribution in [0.3, 0.4) is 0 Å². The summed E-state index contributed by atoms with van der Waals surface area (Å²) in [6.07, 6.45) is 5.69. The lowest BCUT2D eigenvalue weighted by Crippen LogP contribution is -2.38. The van der Waals surface area contributed by atoms with E-state index in [2.05, 4.69) is 11.9 Å². The van der Waals surface area contributed by atoms with Crippen molar-refractivity contribution in [2.75, 3.05) is 26.7 Å². The van der Waals surface area contributed by atoms with Crippen molar-refractivity contribution < 1.29 is 0 Å². The maximum atomic E-state index is 5.87. The molecule has 0 aromatic rings. The Morgan fingerprint density at radius 2 is 2.08 bits per heavy atom. The van der Waals surface area contributed by atoms with E-state index in [1.165, 1.54) is 38.8 Å². The summed E-state index contributed by atoms with van der Waals surface area (Å²) in [6.45, 7) is 3.50. The van der Waals surface area contributed by atoms with Crippen LogP contribution < -0.4 is 5.73 Å². The number of rotatable bonds is 3. The number of hydrogen-bond acceptors (Lipinski definition) is 2. The molecular formula is C11H22N2. The van der Waals surface area contributed by atoms with Crippen LogP contribution in [-0.4, -0.2) is 31.6 Å². The molecule has 0 amide bonds. The van der Waals surface area contributed by atoms with Gasteiger partial charge in [-0.05, 0) is 63.6 Å². The van der Waals surface area contributed by atoms with Gasteiger partial charge >= 0.3 is 0 Å². The van der Waals surface area contributed by atoms with Crippen LogP contribution in [0.15, 0.2) is 0 Å². The summed E-state index contributed by atoms with van der Waals surface area (Å²) in [5, 5.41) is 0. The highest BCUT2D eigenvalue weighted by molar-refractivity contribution is 4.88. The van der Waals surface area contributed by atoms with E-state index in [0.29, 0.717) is 0 Å². The lowest BCUT2D eigenvalue weighted by atomic mass is 9.82. The van der Waals surface area contributed by atoms with Crippen molar-refractivity contribution in [2.45, 2.75) is 25.7 Å². The number of piperidine rings is 1. The zero-order valence-electron chi connectivity index (χ0n) is 8.71. The van der Waals surface area contributed by atoms with E-state index in [4.69, 9.17) is 5.73 Å². The topological polar surface area (TPSA) is 29.3 Å². The van der Waals surface area contributed by atoms with Crippen molar-refractivity contribution in [3.05, 3.63) is 0 Å². The average Bonchev–Trinajstić information content (AvgIpc) is 2.90. The fraction of sp³-hybridized carbons (Fsp3) is 1.00. The summed E-state index contributed by atoms with van der Waals surface area (Å²) in [5.41, 5.74) is 5.87. The second-order valence-electron chi connectivity index (χ2n) is 4.90. The fourth-order valence-corrected chi connectivity index (χ4v) is 2.85. The minimum absolute atomic E-state index is 0.836. The number of hydrogen-bond donors (Lipinski definition) is 1. The van der Waals surface area contributed by atoms with Gasteiger partial charge in [0.2, 0.25) is 0 Å². The molecule has 2 heteroatoms. The molecule has 2 nitrogen and oxygen atoms in total. The third-order valence-corrected chi connectivity index (χ3v) is 3.77. The second kappa shape index (κ2) is 3.97. The second-order valence-corrected chi connectivity index (χ2v) is 4.90. The van der Waals surface area contributed by atoms with E-state index >= 15 is 0 Å². The van der Waals surface area contributed by atoms with Crippen molar-refractivity contribution in [3.63, 3.8) is 0 Å². The monoisotopic (exact) mass is 182 g/mol. The van der Waals surface area contributed by atoms with Gasteiger partial charge < -0.3 is 10.6 Å². The van der Waals surface area contributed by atoms with Gasteiger partial charge in [0.05, 0.1) is 0 Å². The first-order valence-corrected chi connectivity index (χ1v) is 5.70. The largest absolute Gasteiger partial charge is 0.330 e. The zero-order valence-corrected chi connectivity index (χ0v) is 8.71. The molecule has 0 aromatic heterocycles. The highest BCUT2D eigenvalue weighted by atomic mass is 15.1. The molecule has 2 aliphatic rings. The predicted molar refractivity (Wildman–Crippen MR) is 55.5 cm³/mol. The third kappa shape index (κ3) is 2.23. The molecule has 1 saturated carbocycles. The molecule has 13 heavy (non-hydrogen) atoms. The van der Waals surface area contributed by atoms with Gasteiger partial charge in [-0.3, -0.25) is 0 Å². The molecule has 2 N–H and O–H groups in total. The van der Waals surface area contributed by atoms with Gasteiger partial charge in [0, 0.05) is 6.54 Å². The molecular weight excluding hydrogens is 160 g/mol. The lowest BCUT2D eigenvalue weighted by Gasteiger charge is -2.34. The predicted octanol–water partition coefficient (Wildman–Crippen LogP) is 1.31. The normalized spacial score (nSPS) is 33.2. The quantitative estimate of drug-likeness (QED) is 0.713. The van der Waals surface area contributed by atoms with E-state index in [1.807, 2.05) is 0 Å². The maximum Gasteiger partial charge on any atom is 0.000984 e. The van der Waals surface area contributed by atoms with E-state index in [1.54, 1.807) is 0 Å². The smallest absolute Gasteiger partial charge is 0.000984 e. The lowest BCUT2D eigenvalue weighted by molar-refractivity contribution is 0.150. The first kappa shape index (κ1) is 9.47. The SMILES string of the molecule is CN1CCCC(C(CN)C2CC2)C1. The van der Waals surface area contributed by atoms with Crippen molar-refractivity contribution in [1.82, 2.24) is 4.90 Å². The molecule has 0 bridgehead atoms. The highest BCUT2D eigenvalue weighted by Gasteiger charge is 2.36. The van der Waals surface area contributed by atoms with Crippen LogP contribution in [0.4, 0.5) is 0 Å². The van der Waals surface area contributed by atoms with Crippen LogP contribution >= 0.6 is 0 Å². The van der Waals surface area contributed by atoms with Crippen molar-refractivity contribution in [2.24, 2.45) is 23.5 Å². The molecule has 1 aliphatic heterocycles. The highest BCUT2D eigenvalue weighted by Crippen LogP contribution is 2.42. The van der Waals surface area contributed by atoms with Crippen molar-refractivity contribution in [1.29, 1.82) is 0 Å². The Balaban J connectivity index is 1.88. The van der Waals surface area contributed by atoms with Gasteiger partial charge in [-0.25, -0.2) is 0 Å². The van der Waals surface area contributed by atoms with Crippen LogP contribution in [0.25, 0.3) is 0 Å². The molecule has 1 heterocycles.